The number of amides is 1. The highest BCUT2D eigenvalue weighted by Gasteiger charge is 2.53. The first kappa shape index (κ1) is 19.7. The lowest BCUT2D eigenvalue weighted by Crippen LogP contribution is -2.51. The Labute approximate surface area is 157 Å². The van der Waals surface area contributed by atoms with E-state index in [0.717, 1.165) is 15.8 Å². The summed E-state index contributed by atoms with van der Waals surface area (Å²) in [5.41, 5.74) is 2.40. The van der Waals surface area contributed by atoms with E-state index in [1.165, 1.54) is 0 Å². The molecule has 0 aromatic heterocycles. The molecule has 1 aliphatic heterocycles. The predicted octanol–water partition coefficient (Wildman–Crippen LogP) is 5.16. The van der Waals surface area contributed by atoms with Crippen LogP contribution in [0.5, 0.6) is 0 Å². The van der Waals surface area contributed by atoms with Gasteiger partial charge in [0.1, 0.15) is 0 Å². The molecule has 1 atom stereocenters. The van der Waals surface area contributed by atoms with Crippen LogP contribution >= 0.6 is 0 Å². The maximum atomic E-state index is 14.3. The number of nitrogens with zero attached hydrogens (tertiary/aromatic N) is 1. The summed E-state index contributed by atoms with van der Waals surface area (Å²) in [5, 5.41) is 2.77. The molecule has 2 aromatic rings. The smallest absolute Gasteiger partial charge is 0.287 e. The molecule has 3 rings (SSSR count). The molecular formula is C21H25F3N2O. The highest BCUT2D eigenvalue weighted by atomic mass is 19.4. The molecule has 1 unspecified atom stereocenters. The highest BCUT2D eigenvalue weighted by molar-refractivity contribution is 5.84. The monoisotopic (exact) mass is 378 g/mol. The Morgan fingerprint density at radius 3 is 2.22 bits per heavy atom. The predicted molar refractivity (Wildman–Crippen MR) is 100.0 cm³/mol. The standard InChI is InChI=1S/C21H25F3N2O/c1-13(2)9-16-10-14-7-5-6-8-15(14)11-17(16)19(21(22,23)24)26-20(3,4)12-18(27)25-26/h5-8,10-11,13,19H,9,12H2,1-4H3,(H,25,27). The number of nitrogens with one attached hydrogen (secondary N) is 1. The van der Waals surface area contributed by atoms with Crippen molar-refractivity contribution in [3.8, 4) is 0 Å². The second-order valence-corrected chi connectivity index (χ2v) is 8.33. The van der Waals surface area contributed by atoms with Gasteiger partial charge in [0.25, 0.3) is 0 Å². The summed E-state index contributed by atoms with van der Waals surface area (Å²) in [4.78, 5) is 11.9. The van der Waals surface area contributed by atoms with E-state index in [1.807, 2.05) is 44.2 Å². The van der Waals surface area contributed by atoms with Gasteiger partial charge in [0.2, 0.25) is 5.91 Å². The van der Waals surface area contributed by atoms with Gasteiger partial charge in [-0.3, -0.25) is 10.2 Å². The number of benzene rings is 2. The van der Waals surface area contributed by atoms with Crippen LogP contribution in [0.25, 0.3) is 10.8 Å². The van der Waals surface area contributed by atoms with Crippen molar-refractivity contribution in [3.05, 3.63) is 47.5 Å². The summed E-state index contributed by atoms with van der Waals surface area (Å²) in [6.07, 6.45) is -3.95. The molecule has 0 aliphatic carbocycles. The Bertz CT molecular complexity index is 858. The fourth-order valence-corrected chi connectivity index (χ4v) is 3.86. The van der Waals surface area contributed by atoms with Crippen molar-refractivity contribution in [1.82, 2.24) is 10.4 Å². The lowest BCUT2D eigenvalue weighted by atomic mass is 9.89. The fraction of sp³-hybridized carbons (Fsp3) is 0.476. The molecule has 146 valence electrons. The summed E-state index contributed by atoms with van der Waals surface area (Å²) < 4.78 is 42.8. The SMILES string of the molecule is CC(C)Cc1cc2ccccc2cc1C(N1NC(=O)CC1(C)C)C(F)(F)F. The number of hydrogen-bond acceptors (Lipinski definition) is 2. The van der Waals surface area contributed by atoms with Crippen LogP contribution in [-0.2, 0) is 11.2 Å². The number of halogens is 3. The topological polar surface area (TPSA) is 32.3 Å². The first-order chi connectivity index (χ1) is 12.5. The minimum atomic E-state index is -4.52. The molecule has 0 radical (unpaired) electrons. The number of hydrazine groups is 1. The number of rotatable bonds is 4. The largest absolute Gasteiger partial charge is 0.409 e. The Morgan fingerprint density at radius 1 is 1.15 bits per heavy atom. The first-order valence-electron chi connectivity index (χ1n) is 9.16. The van der Waals surface area contributed by atoms with Gasteiger partial charge in [-0.15, -0.1) is 0 Å². The zero-order valence-corrected chi connectivity index (χ0v) is 16.0. The zero-order valence-electron chi connectivity index (χ0n) is 16.0. The molecule has 1 saturated heterocycles. The summed E-state index contributed by atoms with van der Waals surface area (Å²) in [5.74, 6) is -0.180. The summed E-state index contributed by atoms with van der Waals surface area (Å²) >= 11 is 0. The van der Waals surface area contributed by atoms with Gasteiger partial charge in [-0.2, -0.15) is 18.2 Å². The summed E-state index contributed by atoms with van der Waals surface area (Å²) in [6, 6.07) is 9.02. The molecular weight excluding hydrogens is 353 g/mol. The normalized spacial score (nSPS) is 18.9. The van der Waals surface area contributed by atoms with Crippen LogP contribution in [0.4, 0.5) is 13.2 Å². The third-order valence-corrected chi connectivity index (χ3v) is 4.99. The fourth-order valence-electron chi connectivity index (χ4n) is 3.86. The van der Waals surface area contributed by atoms with E-state index in [9.17, 15) is 18.0 Å². The second kappa shape index (κ2) is 6.82. The van der Waals surface area contributed by atoms with Crippen LogP contribution in [0.3, 0.4) is 0 Å². The number of carbonyl (C=O) groups is 1. The van der Waals surface area contributed by atoms with Gasteiger partial charge in [0.15, 0.2) is 6.04 Å². The molecule has 6 heteroatoms. The van der Waals surface area contributed by atoms with Gasteiger partial charge in [0, 0.05) is 12.0 Å². The van der Waals surface area contributed by atoms with Gasteiger partial charge in [-0.05, 0) is 54.2 Å². The molecule has 1 heterocycles. The van der Waals surface area contributed by atoms with Crippen LogP contribution < -0.4 is 5.43 Å². The summed E-state index contributed by atoms with van der Waals surface area (Å²) in [6.45, 7) is 7.30. The van der Waals surface area contributed by atoms with Crippen molar-refractivity contribution in [2.24, 2.45) is 5.92 Å². The first-order valence-corrected chi connectivity index (χ1v) is 9.16. The Hall–Kier alpha value is -2.08. The Kier molecular flexibility index (Phi) is 4.97. The van der Waals surface area contributed by atoms with E-state index >= 15 is 0 Å². The molecule has 1 amide bonds. The van der Waals surface area contributed by atoms with Gasteiger partial charge in [-0.1, -0.05) is 44.2 Å². The van der Waals surface area contributed by atoms with E-state index in [0.29, 0.717) is 12.0 Å². The molecule has 2 aromatic carbocycles. The highest BCUT2D eigenvalue weighted by Crippen LogP contribution is 2.44. The molecule has 1 fully saturated rings. The average Bonchev–Trinajstić information content (AvgIpc) is 2.78. The minimum absolute atomic E-state index is 0.0344. The van der Waals surface area contributed by atoms with Gasteiger partial charge >= 0.3 is 6.18 Å². The molecule has 3 nitrogen and oxygen atoms in total. The molecule has 1 aliphatic rings. The van der Waals surface area contributed by atoms with Gasteiger partial charge in [-0.25, -0.2) is 0 Å². The number of fused-ring (bicyclic) bond motifs is 1. The van der Waals surface area contributed by atoms with Crippen molar-refractivity contribution in [2.45, 2.75) is 58.3 Å². The zero-order chi connectivity index (χ0) is 20.0. The Morgan fingerprint density at radius 2 is 1.74 bits per heavy atom. The van der Waals surface area contributed by atoms with Crippen molar-refractivity contribution in [3.63, 3.8) is 0 Å². The Balaban J connectivity index is 2.22. The van der Waals surface area contributed by atoms with Crippen LogP contribution in [0, 0.1) is 5.92 Å². The second-order valence-electron chi connectivity index (χ2n) is 8.33. The maximum Gasteiger partial charge on any atom is 0.409 e. The molecule has 0 bridgehead atoms. The average molecular weight is 378 g/mol. The molecule has 0 spiro atoms. The van der Waals surface area contributed by atoms with Gasteiger partial charge < -0.3 is 0 Å². The van der Waals surface area contributed by atoms with Crippen LogP contribution in [0.1, 0.15) is 51.3 Å². The van der Waals surface area contributed by atoms with E-state index in [-0.39, 0.29) is 23.8 Å². The van der Waals surface area contributed by atoms with E-state index in [4.69, 9.17) is 0 Å². The molecule has 27 heavy (non-hydrogen) atoms. The third kappa shape index (κ3) is 3.95. The van der Waals surface area contributed by atoms with Crippen LogP contribution in [-0.4, -0.2) is 22.6 Å². The quantitative estimate of drug-likeness (QED) is 0.797. The van der Waals surface area contributed by atoms with Crippen LogP contribution in [0.15, 0.2) is 36.4 Å². The lowest BCUT2D eigenvalue weighted by molar-refractivity contribution is -0.204. The van der Waals surface area contributed by atoms with Crippen molar-refractivity contribution < 1.29 is 18.0 Å². The van der Waals surface area contributed by atoms with Crippen molar-refractivity contribution >= 4 is 16.7 Å². The number of hydrogen-bond donors (Lipinski definition) is 1. The van der Waals surface area contributed by atoms with Gasteiger partial charge in [0.05, 0.1) is 0 Å². The number of carbonyl (C=O) groups excluding carboxylic acids is 1. The van der Waals surface area contributed by atoms with E-state index < -0.39 is 17.8 Å². The van der Waals surface area contributed by atoms with E-state index in [1.54, 1.807) is 19.9 Å². The lowest BCUT2D eigenvalue weighted by Gasteiger charge is -2.39. The van der Waals surface area contributed by atoms with Crippen LogP contribution in [0.2, 0.25) is 0 Å². The maximum absolute atomic E-state index is 14.3. The van der Waals surface area contributed by atoms with Crippen molar-refractivity contribution in [1.29, 1.82) is 0 Å². The van der Waals surface area contributed by atoms with E-state index in [2.05, 4.69) is 5.43 Å². The number of alkyl halides is 3. The minimum Gasteiger partial charge on any atom is -0.287 e. The summed E-state index contributed by atoms with van der Waals surface area (Å²) in [7, 11) is 0. The van der Waals surface area contributed by atoms with Crippen molar-refractivity contribution in [2.75, 3.05) is 0 Å². The molecule has 0 saturated carbocycles. The molecule has 1 N–H and O–H groups in total. The third-order valence-electron chi connectivity index (χ3n) is 4.99.